The molecule has 0 saturated heterocycles. The maximum Gasteiger partial charge on any atom is 0.194 e. The third kappa shape index (κ3) is 5.29. The molecule has 30 heavy (non-hydrogen) atoms. The van der Waals surface area contributed by atoms with Crippen LogP contribution in [0.2, 0.25) is 0 Å². The predicted molar refractivity (Wildman–Crippen MR) is 118 cm³/mol. The van der Waals surface area contributed by atoms with Gasteiger partial charge >= 0.3 is 0 Å². The van der Waals surface area contributed by atoms with Gasteiger partial charge < -0.3 is 14.8 Å². The Bertz CT molecular complexity index is 939. The number of methoxy groups -OCH3 is 1. The van der Waals surface area contributed by atoms with Crippen LogP contribution in [-0.2, 0) is 13.2 Å². The molecule has 0 aliphatic heterocycles. The highest BCUT2D eigenvalue weighted by Crippen LogP contribution is 2.29. The molecule has 1 saturated carbocycles. The first-order chi connectivity index (χ1) is 14.2. The second kappa shape index (κ2) is 10.4. The molecule has 0 atom stereocenters. The molecule has 4 rings (SSSR count). The predicted octanol–water partition coefficient (Wildman–Crippen LogP) is 4.01. The smallest absolute Gasteiger partial charge is 0.194 e. The van der Waals surface area contributed by atoms with Crippen molar-refractivity contribution in [1.82, 2.24) is 25.5 Å². The average Bonchev–Trinajstić information content (AvgIpc) is 3.43. The van der Waals surface area contributed by atoms with Crippen molar-refractivity contribution in [3.63, 3.8) is 0 Å². The largest absolute Gasteiger partial charge is 0.493 e. The number of hydrogen-bond donors (Lipinski definition) is 1. The fraction of sp³-hybridized carbons (Fsp3) is 0.409. The molecule has 1 aliphatic carbocycles. The minimum absolute atomic E-state index is 0. The summed E-state index contributed by atoms with van der Waals surface area (Å²) in [5.74, 6) is 2.02. The molecule has 0 spiro atoms. The van der Waals surface area contributed by atoms with Gasteiger partial charge in [-0.05, 0) is 60.0 Å². The summed E-state index contributed by atoms with van der Waals surface area (Å²) in [6.45, 7) is 3.14. The van der Waals surface area contributed by atoms with E-state index in [2.05, 4.69) is 26.9 Å². The lowest BCUT2D eigenvalue weighted by atomic mass is 10.1. The highest BCUT2D eigenvalue weighted by molar-refractivity contribution is 5.85. The van der Waals surface area contributed by atoms with Crippen molar-refractivity contribution >= 4 is 12.4 Å². The Labute approximate surface area is 183 Å². The number of rotatable bonds is 8. The van der Waals surface area contributed by atoms with Gasteiger partial charge in [-0.3, -0.25) is 0 Å². The molecular formula is C22H28ClN5O2. The van der Waals surface area contributed by atoms with Crippen LogP contribution in [0.25, 0.3) is 5.69 Å². The van der Waals surface area contributed by atoms with Gasteiger partial charge in [0.15, 0.2) is 23.9 Å². The quantitative estimate of drug-likeness (QED) is 0.583. The normalized spacial score (nSPS) is 13.8. The van der Waals surface area contributed by atoms with Gasteiger partial charge in [0.2, 0.25) is 0 Å². The summed E-state index contributed by atoms with van der Waals surface area (Å²) in [5.41, 5.74) is 3.27. The first kappa shape index (κ1) is 22.1. The monoisotopic (exact) mass is 429 g/mol. The van der Waals surface area contributed by atoms with E-state index in [1.807, 2.05) is 43.3 Å². The second-order valence-electron chi connectivity index (χ2n) is 7.48. The van der Waals surface area contributed by atoms with Gasteiger partial charge in [-0.25, -0.2) is 0 Å². The van der Waals surface area contributed by atoms with Gasteiger partial charge in [0, 0.05) is 12.6 Å². The van der Waals surface area contributed by atoms with Crippen molar-refractivity contribution in [1.29, 1.82) is 0 Å². The molecule has 0 radical (unpaired) electrons. The fourth-order valence-electron chi connectivity index (χ4n) is 3.66. The third-order valence-corrected chi connectivity index (χ3v) is 5.35. The van der Waals surface area contributed by atoms with Crippen molar-refractivity contribution in [2.45, 2.75) is 51.8 Å². The van der Waals surface area contributed by atoms with Crippen LogP contribution in [0, 0.1) is 6.92 Å². The van der Waals surface area contributed by atoms with Crippen LogP contribution in [0.3, 0.4) is 0 Å². The van der Waals surface area contributed by atoms with Crippen molar-refractivity contribution in [3.8, 4) is 17.2 Å². The summed E-state index contributed by atoms with van der Waals surface area (Å²) in [6, 6.07) is 14.7. The molecule has 160 valence electrons. The number of hydrogen-bond acceptors (Lipinski definition) is 6. The summed E-state index contributed by atoms with van der Waals surface area (Å²) in [4.78, 5) is 0. The van der Waals surface area contributed by atoms with Gasteiger partial charge in [-0.1, -0.05) is 36.6 Å². The zero-order valence-corrected chi connectivity index (χ0v) is 18.2. The van der Waals surface area contributed by atoms with Crippen molar-refractivity contribution in [2.75, 3.05) is 7.11 Å². The molecule has 0 bridgehead atoms. The molecule has 1 aromatic heterocycles. The van der Waals surface area contributed by atoms with Crippen LogP contribution in [0.5, 0.6) is 11.5 Å². The van der Waals surface area contributed by atoms with Crippen LogP contribution in [0.15, 0.2) is 42.5 Å². The molecule has 2 aromatic carbocycles. The lowest BCUT2D eigenvalue weighted by molar-refractivity contribution is 0.273. The summed E-state index contributed by atoms with van der Waals surface area (Å²) in [6.07, 6.45) is 5.20. The Morgan fingerprint density at radius 3 is 2.57 bits per heavy atom. The van der Waals surface area contributed by atoms with Gasteiger partial charge in [-0.2, -0.15) is 4.68 Å². The molecule has 3 aromatic rings. The first-order valence-electron chi connectivity index (χ1n) is 10.1. The minimum Gasteiger partial charge on any atom is -0.493 e. The highest BCUT2D eigenvalue weighted by Gasteiger charge is 2.15. The number of nitrogens with zero attached hydrogens (tertiary/aromatic N) is 4. The van der Waals surface area contributed by atoms with E-state index >= 15 is 0 Å². The first-order valence-corrected chi connectivity index (χ1v) is 10.1. The van der Waals surface area contributed by atoms with Gasteiger partial charge in [-0.15, -0.1) is 17.5 Å². The minimum atomic E-state index is 0. The van der Waals surface area contributed by atoms with Gasteiger partial charge in [0.05, 0.1) is 12.8 Å². The summed E-state index contributed by atoms with van der Waals surface area (Å²) in [5, 5.41) is 15.6. The number of ether oxygens (including phenoxy) is 2. The molecule has 8 heteroatoms. The van der Waals surface area contributed by atoms with E-state index in [9.17, 15) is 0 Å². The molecular weight excluding hydrogens is 402 g/mol. The molecule has 0 amide bonds. The lowest BCUT2D eigenvalue weighted by Gasteiger charge is -2.14. The molecule has 1 fully saturated rings. The number of tetrazole rings is 1. The SMILES string of the molecule is COc1cc(CNC2CCCC2)ccc1OCc1nnnn1-c1ccc(C)cc1.Cl. The van der Waals surface area contributed by atoms with E-state index in [4.69, 9.17) is 9.47 Å². The van der Waals surface area contributed by atoms with Crippen LogP contribution in [-0.4, -0.2) is 33.4 Å². The van der Waals surface area contributed by atoms with E-state index in [-0.39, 0.29) is 19.0 Å². The number of benzene rings is 2. The molecule has 1 N–H and O–H groups in total. The Balaban J connectivity index is 0.00000256. The molecule has 0 unspecified atom stereocenters. The average molecular weight is 430 g/mol. The topological polar surface area (TPSA) is 74.1 Å². The van der Waals surface area contributed by atoms with Crippen LogP contribution >= 0.6 is 12.4 Å². The maximum atomic E-state index is 5.98. The Hall–Kier alpha value is -2.64. The van der Waals surface area contributed by atoms with E-state index < -0.39 is 0 Å². The molecule has 1 heterocycles. The Morgan fingerprint density at radius 2 is 1.83 bits per heavy atom. The van der Waals surface area contributed by atoms with E-state index in [0.29, 0.717) is 23.4 Å². The van der Waals surface area contributed by atoms with Crippen molar-refractivity contribution in [3.05, 3.63) is 59.4 Å². The number of aromatic nitrogens is 4. The van der Waals surface area contributed by atoms with Crippen LogP contribution in [0.4, 0.5) is 0 Å². The highest BCUT2D eigenvalue weighted by atomic mass is 35.5. The van der Waals surface area contributed by atoms with E-state index in [0.717, 1.165) is 12.2 Å². The fourth-order valence-corrected chi connectivity index (χ4v) is 3.66. The summed E-state index contributed by atoms with van der Waals surface area (Å²) < 4.78 is 13.2. The number of aryl methyl sites for hydroxylation is 1. The van der Waals surface area contributed by atoms with Crippen molar-refractivity contribution in [2.24, 2.45) is 0 Å². The zero-order chi connectivity index (χ0) is 20.1. The maximum absolute atomic E-state index is 5.98. The van der Waals surface area contributed by atoms with Gasteiger partial charge in [0.25, 0.3) is 0 Å². The molecule has 7 nitrogen and oxygen atoms in total. The lowest BCUT2D eigenvalue weighted by Crippen LogP contribution is -2.25. The van der Waals surface area contributed by atoms with E-state index in [1.54, 1.807) is 11.8 Å². The van der Waals surface area contributed by atoms with Gasteiger partial charge in [0.1, 0.15) is 0 Å². The second-order valence-corrected chi connectivity index (χ2v) is 7.48. The Kier molecular flexibility index (Phi) is 7.65. The number of nitrogens with one attached hydrogen (secondary N) is 1. The van der Waals surface area contributed by atoms with Crippen LogP contribution in [0.1, 0.15) is 42.6 Å². The van der Waals surface area contributed by atoms with E-state index in [1.165, 1.54) is 36.8 Å². The third-order valence-electron chi connectivity index (χ3n) is 5.35. The van der Waals surface area contributed by atoms with Crippen LogP contribution < -0.4 is 14.8 Å². The Morgan fingerprint density at radius 1 is 1.07 bits per heavy atom. The zero-order valence-electron chi connectivity index (χ0n) is 17.4. The summed E-state index contributed by atoms with van der Waals surface area (Å²) >= 11 is 0. The standard InChI is InChI=1S/C22H27N5O2.ClH/c1-16-7-10-19(11-8-16)27-22(24-25-26-27)15-29-20-12-9-17(13-21(20)28-2)14-23-18-5-3-4-6-18;/h7-13,18,23H,3-6,14-15H2,1-2H3;1H. The summed E-state index contributed by atoms with van der Waals surface area (Å²) in [7, 11) is 1.66. The number of halogens is 1. The van der Waals surface area contributed by atoms with Crippen molar-refractivity contribution < 1.29 is 9.47 Å². The molecule has 1 aliphatic rings.